The lowest BCUT2D eigenvalue weighted by Gasteiger charge is -2.32. The maximum absolute atomic E-state index is 5.69. The van der Waals surface area contributed by atoms with Gasteiger partial charge in [0.15, 0.2) is 0 Å². The molecule has 3 heteroatoms. The highest BCUT2D eigenvalue weighted by molar-refractivity contribution is 5.14. The van der Waals surface area contributed by atoms with Gasteiger partial charge in [0.2, 0.25) is 0 Å². The van der Waals surface area contributed by atoms with Gasteiger partial charge >= 0.3 is 0 Å². The molecule has 0 aromatic carbocycles. The Morgan fingerprint density at radius 3 is 2.93 bits per heavy atom. The van der Waals surface area contributed by atoms with E-state index in [0.717, 1.165) is 13.2 Å². The molecule has 2 atom stereocenters. The van der Waals surface area contributed by atoms with Crippen LogP contribution < -0.4 is 11.3 Å². The van der Waals surface area contributed by atoms with Crippen LogP contribution >= 0.6 is 0 Å². The Kier molecular flexibility index (Phi) is 4.18. The molecule has 3 N–H and O–H groups in total. The molecule has 1 aliphatic heterocycles. The summed E-state index contributed by atoms with van der Waals surface area (Å²) in [5, 5.41) is 0. The smallest absolute Gasteiger partial charge is 0.0512 e. The summed E-state index contributed by atoms with van der Waals surface area (Å²) in [6.07, 6.45) is 9.89. The molecule has 1 saturated heterocycles. The molecule has 0 amide bonds. The summed E-state index contributed by atoms with van der Waals surface area (Å²) < 4.78 is 5.53. The van der Waals surface area contributed by atoms with Gasteiger partial charge in [-0.2, -0.15) is 0 Å². The second kappa shape index (κ2) is 5.64. The molecule has 2 unspecified atom stereocenters. The fraction of sp³-hybridized carbons (Fsp3) is 0.833. The van der Waals surface area contributed by atoms with E-state index in [2.05, 4.69) is 11.5 Å². The van der Waals surface area contributed by atoms with E-state index in [1.54, 1.807) is 0 Å². The van der Waals surface area contributed by atoms with Crippen LogP contribution in [0.25, 0.3) is 0 Å². The number of ether oxygens (including phenoxy) is 1. The molecule has 2 aliphatic rings. The van der Waals surface area contributed by atoms with Crippen molar-refractivity contribution in [1.82, 2.24) is 5.43 Å². The molecule has 0 saturated carbocycles. The van der Waals surface area contributed by atoms with E-state index >= 15 is 0 Å². The lowest BCUT2D eigenvalue weighted by atomic mass is 9.84. The van der Waals surface area contributed by atoms with Gasteiger partial charge in [-0.3, -0.25) is 11.3 Å². The zero-order valence-corrected chi connectivity index (χ0v) is 9.37. The van der Waals surface area contributed by atoms with Crippen molar-refractivity contribution >= 4 is 0 Å². The lowest BCUT2D eigenvalue weighted by Crippen LogP contribution is -2.45. The number of hydrogen-bond acceptors (Lipinski definition) is 3. The first kappa shape index (κ1) is 11.1. The third-order valence-corrected chi connectivity index (χ3v) is 3.57. The first-order valence-electron chi connectivity index (χ1n) is 6.14. The van der Waals surface area contributed by atoms with Gasteiger partial charge in [-0.05, 0) is 38.5 Å². The molecule has 15 heavy (non-hydrogen) atoms. The van der Waals surface area contributed by atoms with Crippen LogP contribution in [0.2, 0.25) is 0 Å². The van der Waals surface area contributed by atoms with E-state index in [1.807, 2.05) is 0 Å². The van der Waals surface area contributed by atoms with Crippen molar-refractivity contribution in [3.05, 3.63) is 11.6 Å². The average Bonchev–Trinajstić information content (AvgIpc) is 2.33. The minimum atomic E-state index is 0.352. The fourth-order valence-electron chi connectivity index (χ4n) is 2.72. The molecule has 0 aromatic heterocycles. The van der Waals surface area contributed by atoms with Crippen LogP contribution in [0.4, 0.5) is 0 Å². The first-order chi connectivity index (χ1) is 7.42. The molecule has 1 aliphatic carbocycles. The molecule has 0 aromatic rings. The van der Waals surface area contributed by atoms with Crippen molar-refractivity contribution in [2.75, 3.05) is 13.2 Å². The highest BCUT2D eigenvalue weighted by atomic mass is 16.5. The van der Waals surface area contributed by atoms with Gasteiger partial charge in [-0.15, -0.1) is 0 Å². The molecular formula is C12H22N2O. The monoisotopic (exact) mass is 210 g/mol. The Hall–Kier alpha value is -0.380. The zero-order valence-electron chi connectivity index (χ0n) is 9.37. The maximum Gasteiger partial charge on any atom is 0.0512 e. The number of hydrazine groups is 1. The molecule has 0 spiro atoms. The Morgan fingerprint density at radius 2 is 2.33 bits per heavy atom. The standard InChI is InChI=1S/C12H22N2O/c13-14-12(10-5-2-1-3-6-10)11-7-4-8-15-9-11/h5,11-12,14H,1-4,6-9,13H2. The second-order valence-corrected chi connectivity index (χ2v) is 4.65. The lowest BCUT2D eigenvalue weighted by molar-refractivity contribution is 0.0437. The van der Waals surface area contributed by atoms with E-state index in [-0.39, 0.29) is 0 Å². The minimum absolute atomic E-state index is 0.352. The summed E-state index contributed by atoms with van der Waals surface area (Å²) in [5.74, 6) is 6.27. The van der Waals surface area contributed by atoms with E-state index in [0.29, 0.717) is 12.0 Å². The number of nitrogens with two attached hydrogens (primary N) is 1. The van der Waals surface area contributed by atoms with E-state index in [1.165, 1.54) is 44.1 Å². The van der Waals surface area contributed by atoms with Gasteiger partial charge in [-0.25, -0.2) is 0 Å². The quantitative estimate of drug-likeness (QED) is 0.424. The van der Waals surface area contributed by atoms with Gasteiger partial charge in [-0.1, -0.05) is 11.6 Å². The van der Waals surface area contributed by atoms with Crippen molar-refractivity contribution in [2.45, 2.75) is 44.6 Å². The molecule has 3 nitrogen and oxygen atoms in total. The van der Waals surface area contributed by atoms with Crippen molar-refractivity contribution in [2.24, 2.45) is 11.8 Å². The highest BCUT2D eigenvalue weighted by Crippen LogP contribution is 2.27. The minimum Gasteiger partial charge on any atom is -0.381 e. The normalized spacial score (nSPS) is 29.7. The fourth-order valence-corrected chi connectivity index (χ4v) is 2.72. The Balaban J connectivity index is 1.98. The number of rotatable bonds is 3. The molecule has 0 bridgehead atoms. The summed E-state index contributed by atoms with van der Waals surface area (Å²) in [7, 11) is 0. The van der Waals surface area contributed by atoms with E-state index < -0.39 is 0 Å². The van der Waals surface area contributed by atoms with Gasteiger partial charge < -0.3 is 4.74 Å². The molecule has 1 fully saturated rings. The summed E-state index contributed by atoms with van der Waals surface area (Å²) in [4.78, 5) is 0. The van der Waals surface area contributed by atoms with Crippen LogP contribution in [0, 0.1) is 5.92 Å². The van der Waals surface area contributed by atoms with E-state index in [4.69, 9.17) is 10.6 Å². The summed E-state index contributed by atoms with van der Waals surface area (Å²) in [6.45, 7) is 1.79. The SMILES string of the molecule is NNC(C1=CCCCC1)C1CCCOC1. The third-order valence-electron chi connectivity index (χ3n) is 3.57. The molecule has 1 heterocycles. The number of nitrogens with one attached hydrogen (secondary N) is 1. The summed E-state index contributed by atoms with van der Waals surface area (Å²) >= 11 is 0. The largest absolute Gasteiger partial charge is 0.381 e. The average molecular weight is 210 g/mol. The van der Waals surface area contributed by atoms with Gasteiger partial charge in [0.25, 0.3) is 0 Å². The molecule has 0 radical (unpaired) electrons. The van der Waals surface area contributed by atoms with Crippen LogP contribution in [0.5, 0.6) is 0 Å². The first-order valence-corrected chi connectivity index (χ1v) is 6.14. The van der Waals surface area contributed by atoms with Crippen molar-refractivity contribution < 1.29 is 4.74 Å². The van der Waals surface area contributed by atoms with Crippen LogP contribution in [-0.4, -0.2) is 19.3 Å². The predicted octanol–water partition coefficient (Wildman–Crippen LogP) is 1.75. The van der Waals surface area contributed by atoms with Gasteiger partial charge in [0.05, 0.1) is 6.61 Å². The van der Waals surface area contributed by atoms with Crippen LogP contribution in [0.3, 0.4) is 0 Å². The van der Waals surface area contributed by atoms with E-state index in [9.17, 15) is 0 Å². The Labute approximate surface area is 92.0 Å². The van der Waals surface area contributed by atoms with Gasteiger partial charge in [0.1, 0.15) is 0 Å². The molecular weight excluding hydrogens is 188 g/mol. The summed E-state index contributed by atoms with van der Waals surface area (Å²) in [5.41, 5.74) is 4.51. The van der Waals surface area contributed by atoms with Crippen LogP contribution in [0.15, 0.2) is 11.6 Å². The zero-order chi connectivity index (χ0) is 10.5. The van der Waals surface area contributed by atoms with Crippen LogP contribution in [-0.2, 0) is 4.74 Å². The number of allylic oxidation sites excluding steroid dienone is 1. The van der Waals surface area contributed by atoms with Crippen LogP contribution in [0.1, 0.15) is 38.5 Å². The highest BCUT2D eigenvalue weighted by Gasteiger charge is 2.26. The Bertz CT molecular complexity index is 222. The van der Waals surface area contributed by atoms with Crippen molar-refractivity contribution in [1.29, 1.82) is 0 Å². The molecule has 86 valence electrons. The predicted molar refractivity (Wildman–Crippen MR) is 61.2 cm³/mol. The van der Waals surface area contributed by atoms with Crippen molar-refractivity contribution in [3.8, 4) is 0 Å². The number of hydrogen-bond donors (Lipinski definition) is 2. The Morgan fingerprint density at radius 1 is 1.40 bits per heavy atom. The second-order valence-electron chi connectivity index (χ2n) is 4.65. The van der Waals surface area contributed by atoms with Gasteiger partial charge in [0, 0.05) is 18.6 Å². The third kappa shape index (κ3) is 2.80. The maximum atomic E-state index is 5.69. The summed E-state index contributed by atoms with van der Waals surface area (Å²) in [6, 6.07) is 0.352. The van der Waals surface area contributed by atoms with Crippen molar-refractivity contribution in [3.63, 3.8) is 0 Å². The topological polar surface area (TPSA) is 47.3 Å². The molecule has 2 rings (SSSR count).